The summed E-state index contributed by atoms with van der Waals surface area (Å²) in [7, 11) is 1.12. The Labute approximate surface area is 239 Å². The number of Topliss-reactive ketones (excluding diaryl/α,β-unsaturated/α-hetero) is 1. The summed E-state index contributed by atoms with van der Waals surface area (Å²) in [4.78, 5) is 62.5. The van der Waals surface area contributed by atoms with Gasteiger partial charge in [0.25, 0.3) is 0 Å². The van der Waals surface area contributed by atoms with E-state index in [0.717, 1.165) is 13.2 Å². The van der Waals surface area contributed by atoms with E-state index in [1.807, 2.05) is 0 Å². The summed E-state index contributed by atoms with van der Waals surface area (Å²) in [5.74, 6) is -4.42. The molecule has 0 aliphatic heterocycles. The third-order valence-electron chi connectivity index (χ3n) is 6.88. The summed E-state index contributed by atoms with van der Waals surface area (Å²) < 4.78 is 46.0. The molecule has 2 amide bonds. The van der Waals surface area contributed by atoms with E-state index in [1.165, 1.54) is 43.3 Å². The van der Waals surface area contributed by atoms with Crippen LogP contribution in [0, 0.1) is 5.92 Å². The van der Waals surface area contributed by atoms with E-state index in [-0.39, 0.29) is 41.1 Å². The number of aromatic carboxylic acids is 1. The van der Waals surface area contributed by atoms with E-state index < -0.39 is 48.1 Å². The number of methoxy groups -OCH3 is 1. The molecule has 3 rings (SSSR count). The van der Waals surface area contributed by atoms with Crippen LogP contribution >= 0.6 is 0 Å². The first-order valence-electron chi connectivity index (χ1n) is 13.2. The fraction of sp³-hybridized carbons (Fsp3) is 0.414. The topological polar surface area (TPSA) is 148 Å². The van der Waals surface area contributed by atoms with Gasteiger partial charge in [0.15, 0.2) is 5.78 Å². The minimum Gasteiger partial charge on any atom is -0.478 e. The number of nitrogens with one attached hydrogen (secondary N) is 2. The zero-order chi connectivity index (χ0) is 31.0. The van der Waals surface area contributed by atoms with Crippen molar-refractivity contribution >= 4 is 29.5 Å². The number of ether oxygens (including phenoxy) is 2. The third kappa shape index (κ3) is 9.05. The Bertz CT molecular complexity index is 1330. The maximum Gasteiger partial charge on any atom is 0.573 e. The van der Waals surface area contributed by atoms with Crippen LogP contribution in [0.5, 0.6) is 5.75 Å². The molecule has 3 atom stereocenters. The van der Waals surface area contributed by atoms with E-state index >= 15 is 0 Å². The number of halogens is 3. The second-order valence-electron chi connectivity index (χ2n) is 9.97. The molecule has 2 aromatic rings. The molecule has 42 heavy (non-hydrogen) atoms. The number of hydrogen-bond donors (Lipinski definition) is 3. The van der Waals surface area contributed by atoms with Crippen LogP contribution in [0.15, 0.2) is 42.5 Å². The van der Waals surface area contributed by atoms with Crippen molar-refractivity contribution < 1.29 is 51.7 Å². The van der Waals surface area contributed by atoms with Crippen LogP contribution in [0.4, 0.5) is 13.2 Å². The highest BCUT2D eigenvalue weighted by Gasteiger charge is 2.34. The molecule has 1 fully saturated rings. The lowest BCUT2D eigenvalue weighted by Crippen LogP contribution is -2.52. The Morgan fingerprint density at radius 3 is 2.31 bits per heavy atom. The van der Waals surface area contributed by atoms with Gasteiger partial charge in [-0.2, -0.15) is 0 Å². The monoisotopic (exact) mass is 592 g/mol. The second-order valence-corrected chi connectivity index (χ2v) is 9.97. The Balaban J connectivity index is 1.76. The number of amides is 2. The van der Waals surface area contributed by atoms with Crippen LogP contribution in [0.25, 0.3) is 0 Å². The molecule has 0 heterocycles. The summed E-state index contributed by atoms with van der Waals surface area (Å²) in [6, 6.07) is 6.92. The first kappa shape index (κ1) is 32.1. The van der Waals surface area contributed by atoms with Crippen LogP contribution in [-0.4, -0.2) is 60.2 Å². The molecule has 0 aromatic heterocycles. The van der Waals surface area contributed by atoms with Crippen molar-refractivity contribution in [2.45, 2.75) is 63.9 Å². The lowest BCUT2D eigenvalue weighted by atomic mass is 9.89. The minimum absolute atomic E-state index is 0.0854. The number of carboxylic acid groups (broad SMARTS) is 1. The fourth-order valence-electron chi connectivity index (χ4n) is 4.90. The highest BCUT2D eigenvalue weighted by molar-refractivity contribution is 5.97. The van der Waals surface area contributed by atoms with Crippen LogP contribution in [0.3, 0.4) is 0 Å². The van der Waals surface area contributed by atoms with Gasteiger partial charge >= 0.3 is 18.3 Å². The Hall–Kier alpha value is -4.42. The van der Waals surface area contributed by atoms with Gasteiger partial charge in [0.05, 0.1) is 24.3 Å². The number of hydrogen-bond acceptors (Lipinski definition) is 7. The van der Waals surface area contributed by atoms with Gasteiger partial charge < -0.3 is 25.2 Å². The summed E-state index contributed by atoms with van der Waals surface area (Å²) in [6.45, 7) is 1.20. The molecule has 1 aliphatic carbocycles. The molecule has 10 nitrogen and oxygen atoms in total. The number of alkyl halides is 3. The Morgan fingerprint density at radius 1 is 1.05 bits per heavy atom. The van der Waals surface area contributed by atoms with Gasteiger partial charge in [-0.15, -0.1) is 13.2 Å². The summed E-state index contributed by atoms with van der Waals surface area (Å²) >= 11 is 0. The van der Waals surface area contributed by atoms with Gasteiger partial charge in [0.2, 0.25) is 11.8 Å². The minimum atomic E-state index is -4.82. The van der Waals surface area contributed by atoms with Gasteiger partial charge in [-0.3, -0.25) is 14.4 Å². The summed E-state index contributed by atoms with van der Waals surface area (Å²) in [5, 5.41) is 14.5. The molecule has 226 valence electrons. The zero-order valence-corrected chi connectivity index (χ0v) is 23.0. The number of esters is 1. The number of ketones is 1. The molecular formula is C29H31F3N2O8. The average Bonchev–Trinajstić information content (AvgIpc) is 3.08. The van der Waals surface area contributed by atoms with Crippen LogP contribution in [0.1, 0.15) is 64.4 Å². The highest BCUT2D eigenvalue weighted by Crippen LogP contribution is 2.27. The molecular weight excluding hydrogens is 561 g/mol. The van der Waals surface area contributed by atoms with Crippen molar-refractivity contribution in [2.24, 2.45) is 5.92 Å². The molecule has 2 aromatic carbocycles. The molecule has 0 spiro atoms. The van der Waals surface area contributed by atoms with Crippen molar-refractivity contribution in [1.82, 2.24) is 10.6 Å². The second kappa shape index (κ2) is 14.0. The first-order valence-corrected chi connectivity index (χ1v) is 13.2. The molecule has 13 heteroatoms. The lowest BCUT2D eigenvalue weighted by molar-refractivity contribution is -0.274. The van der Waals surface area contributed by atoms with Crippen molar-refractivity contribution in [3.63, 3.8) is 0 Å². The van der Waals surface area contributed by atoms with Crippen molar-refractivity contribution in [3.05, 3.63) is 64.7 Å². The fourth-order valence-corrected chi connectivity index (χ4v) is 4.90. The maximum absolute atomic E-state index is 13.4. The van der Waals surface area contributed by atoms with Gasteiger partial charge in [-0.1, -0.05) is 31.0 Å². The van der Waals surface area contributed by atoms with E-state index in [0.29, 0.717) is 31.2 Å². The van der Waals surface area contributed by atoms with Crippen LogP contribution in [-0.2, 0) is 32.0 Å². The molecule has 1 saturated carbocycles. The highest BCUT2D eigenvalue weighted by atomic mass is 19.4. The molecule has 0 saturated heterocycles. The predicted molar refractivity (Wildman–Crippen MR) is 142 cm³/mol. The van der Waals surface area contributed by atoms with E-state index in [4.69, 9.17) is 4.74 Å². The smallest absolute Gasteiger partial charge is 0.478 e. The maximum atomic E-state index is 13.4. The standard InChI is InChI=1S/C29H31F3N2O8/c1-16(35)33-24(15-18-9-10-20(27(38)39)14-22(18)28(40)41-2)26(37)34-23-6-4-3-5-19(25(23)36)13-17-7-11-21(12-8-17)42-29(30,31)32/h7-12,14,19,23-24H,3-6,13,15H2,1-2H3,(H,33,35)(H,34,37)(H,38,39). The normalized spacial score (nSPS) is 17.9. The Kier molecular flexibility index (Phi) is 10.7. The molecule has 3 N–H and O–H groups in total. The van der Waals surface area contributed by atoms with Crippen molar-refractivity contribution in [2.75, 3.05) is 7.11 Å². The summed E-state index contributed by atoms with van der Waals surface area (Å²) in [5.41, 5.74) is 0.630. The average molecular weight is 593 g/mol. The zero-order valence-electron chi connectivity index (χ0n) is 23.0. The van der Waals surface area contributed by atoms with Crippen LogP contribution in [0.2, 0.25) is 0 Å². The number of carbonyl (C=O) groups is 5. The number of rotatable bonds is 10. The van der Waals surface area contributed by atoms with E-state index in [9.17, 15) is 42.3 Å². The Morgan fingerprint density at radius 2 is 1.71 bits per heavy atom. The predicted octanol–water partition coefficient (Wildman–Crippen LogP) is 3.60. The van der Waals surface area contributed by atoms with Gasteiger partial charge in [-0.25, -0.2) is 9.59 Å². The molecule has 3 unspecified atom stereocenters. The van der Waals surface area contributed by atoms with Crippen LogP contribution < -0.4 is 15.4 Å². The van der Waals surface area contributed by atoms with Crippen molar-refractivity contribution in [1.29, 1.82) is 0 Å². The molecule has 0 radical (unpaired) electrons. The number of benzene rings is 2. The SMILES string of the molecule is COC(=O)c1cc(C(=O)O)ccc1CC(NC(C)=O)C(=O)NC1CCCCC(Cc2ccc(OC(F)(F)F)cc2)C1=O. The third-order valence-corrected chi connectivity index (χ3v) is 6.88. The lowest BCUT2D eigenvalue weighted by Gasteiger charge is -2.24. The van der Waals surface area contributed by atoms with Gasteiger partial charge in [0.1, 0.15) is 11.8 Å². The quantitative estimate of drug-likeness (QED) is 0.280. The van der Waals surface area contributed by atoms with E-state index in [2.05, 4.69) is 15.4 Å². The van der Waals surface area contributed by atoms with Gasteiger partial charge in [-0.05, 0) is 54.7 Å². The first-order chi connectivity index (χ1) is 19.8. The number of carbonyl (C=O) groups excluding carboxylic acids is 4. The largest absolute Gasteiger partial charge is 0.573 e. The molecule has 0 bridgehead atoms. The van der Waals surface area contributed by atoms with Crippen molar-refractivity contribution in [3.8, 4) is 5.75 Å². The summed E-state index contributed by atoms with van der Waals surface area (Å²) in [6.07, 6.45) is -2.53. The van der Waals surface area contributed by atoms with Gasteiger partial charge in [0, 0.05) is 19.3 Å². The molecule has 1 aliphatic rings. The number of carboxylic acids is 1. The van der Waals surface area contributed by atoms with E-state index in [1.54, 1.807) is 0 Å².